The van der Waals surface area contributed by atoms with Crippen LogP contribution in [-0.2, 0) is 19.4 Å². The standard InChI is InChI=1S/C15H17N3/c1-2-6-12(7-3-1)10-17-15-11-16-13-8-4-5-9-14(13)18-15/h1-3,6-7,11H,4-5,8-10H2,(H,17,18). The maximum absolute atomic E-state index is 4.65. The van der Waals surface area contributed by atoms with Crippen LogP contribution in [0.3, 0.4) is 0 Å². The summed E-state index contributed by atoms with van der Waals surface area (Å²) in [6.07, 6.45) is 6.50. The SMILES string of the molecule is c1ccc(CNc2cnc3c(n2)CCCC3)cc1. The summed E-state index contributed by atoms with van der Waals surface area (Å²) in [6.45, 7) is 0.800. The zero-order valence-corrected chi connectivity index (χ0v) is 10.4. The van der Waals surface area contributed by atoms with E-state index in [1.807, 2.05) is 12.3 Å². The highest BCUT2D eigenvalue weighted by Gasteiger charge is 2.12. The molecule has 0 radical (unpaired) electrons. The van der Waals surface area contributed by atoms with Crippen LogP contribution in [0.5, 0.6) is 0 Å². The summed E-state index contributed by atoms with van der Waals surface area (Å²) in [5.41, 5.74) is 3.63. The molecule has 0 saturated carbocycles. The summed E-state index contributed by atoms with van der Waals surface area (Å²) in [6, 6.07) is 10.4. The molecule has 3 rings (SSSR count). The molecule has 0 unspecified atom stereocenters. The lowest BCUT2D eigenvalue weighted by Crippen LogP contribution is -2.10. The molecule has 1 aliphatic rings. The van der Waals surface area contributed by atoms with Crippen molar-refractivity contribution in [2.45, 2.75) is 32.2 Å². The second kappa shape index (κ2) is 5.17. The van der Waals surface area contributed by atoms with Gasteiger partial charge in [0.2, 0.25) is 0 Å². The Labute approximate surface area is 107 Å². The van der Waals surface area contributed by atoms with Crippen molar-refractivity contribution in [3.63, 3.8) is 0 Å². The molecule has 2 aromatic rings. The minimum absolute atomic E-state index is 0.800. The molecule has 1 N–H and O–H groups in total. The van der Waals surface area contributed by atoms with Crippen molar-refractivity contribution in [1.29, 1.82) is 0 Å². The van der Waals surface area contributed by atoms with E-state index >= 15 is 0 Å². The van der Waals surface area contributed by atoms with Crippen LogP contribution in [0.1, 0.15) is 29.8 Å². The Morgan fingerprint density at radius 3 is 2.61 bits per heavy atom. The van der Waals surface area contributed by atoms with Crippen molar-refractivity contribution in [3.8, 4) is 0 Å². The van der Waals surface area contributed by atoms with E-state index in [2.05, 4.69) is 39.6 Å². The minimum atomic E-state index is 0.800. The number of nitrogens with one attached hydrogen (secondary N) is 1. The van der Waals surface area contributed by atoms with Gasteiger partial charge in [-0.25, -0.2) is 4.98 Å². The van der Waals surface area contributed by atoms with Crippen LogP contribution >= 0.6 is 0 Å². The van der Waals surface area contributed by atoms with Gasteiger partial charge in [0.05, 0.1) is 17.6 Å². The van der Waals surface area contributed by atoms with Gasteiger partial charge in [-0.1, -0.05) is 30.3 Å². The zero-order chi connectivity index (χ0) is 12.2. The zero-order valence-electron chi connectivity index (χ0n) is 10.4. The average molecular weight is 239 g/mol. The van der Waals surface area contributed by atoms with Crippen molar-refractivity contribution in [3.05, 3.63) is 53.5 Å². The summed E-state index contributed by atoms with van der Waals surface area (Å²) in [5.74, 6) is 0.888. The Kier molecular flexibility index (Phi) is 3.22. The Morgan fingerprint density at radius 2 is 1.78 bits per heavy atom. The van der Waals surface area contributed by atoms with Gasteiger partial charge in [-0.2, -0.15) is 0 Å². The Morgan fingerprint density at radius 1 is 1.00 bits per heavy atom. The lowest BCUT2D eigenvalue weighted by atomic mass is 10.0. The quantitative estimate of drug-likeness (QED) is 0.894. The number of rotatable bonds is 3. The molecule has 18 heavy (non-hydrogen) atoms. The maximum Gasteiger partial charge on any atom is 0.145 e. The van der Waals surface area contributed by atoms with Gasteiger partial charge in [0.25, 0.3) is 0 Å². The number of fused-ring (bicyclic) bond motifs is 1. The van der Waals surface area contributed by atoms with E-state index < -0.39 is 0 Å². The second-order valence-electron chi connectivity index (χ2n) is 4.69. The normalized spacial score (nSPS) is 14.0. The highest BCUT2D eigenvalue weighted by Crippen LogP contribution is 2.18. The fourth-order valence-electron chi connectivity index (χ4n) is 2.32. The molecular formula is C15H17N3. The van der Waals surface area contributed by atoms with E-state index in [9.17, 15) is 0 Å². The van der Waals surface area contributed by atoms with Crippen LogP contribution in [0, 0.1) is 0 Å². The number of anilines is 1. The van der Waals surface area contributed by atoms with Gasteiger partial charge in [-0.15, -0.1) is 0 Å². The van der Waals surface area contributed by atoms with Crippen molar-refractivity contribution >= 4 is 5.82 Å². The van der Waals surface area contributed by atoms with Gasteiger partial charge in [0.1, 0.15) is 5.82 Å². The van der Waals surface area contributed by atoms with E-state index in [-0.39, 0.29) is 0 Å². The molecule has 3 nitrogen and oxygen atoms in total. The third-order valence-electron chi connectivity index (χ3n) is 3.32. The third kappa shape index (κ3) is 2.50. The van der Waals surface area contributed by atoms with Crippen LogP contribution in [0.4, 0.5) is 5.82 Å². The lowest BCUT2D eigenvalue weighted by molar-refractivity contribution is 0.649. The highest BCUT2D eigenvalue weighted by atomic mass is 15.0. The van der Waals surface area contributed by atoms with Gasteiger partial charge in [-0.05, 0) is 31.2 Å². The fourth-order valence-corrected chi connectivity index (χ4v) is 2.32. The molecule has 0 bridgehead atoms. The second-order valence-corrected chi connectivity index (χ2v) is 4.69. The van der Waals surface area contributed by atoms with E-state index in [0.717, 1.165) is 25.2 Å². The van der Waals surface area contributed by atoms with E-state index in [4.69, 9.17) is 0 Å². The fraction of sp³-hybridized carbons (Fsp3) is 0.333. The number of benzene rings is 1. The van der Waals surface area contributed by atoms with Gasteiger partial charge in [-0.3, -0.25) is 4.98 Å². The smallest absolute Gasteiger partial charge is 0.145 e. The molecule has 0 aliphatic heterocycles. The number of aryl methyl sites for hydroxylation is 2. The van der Waals surface area contributed by atoms with E-state index in [0.29, 0.717) is 0 Å². The maximum atomic E-state index is 4.65. The molecule has 1 aliphatic carbocycles. The summed E-state index contributed by atoms with van der Waals surface area (Å²) in [4.78, 5) is 9.16. The third-order valence-corrected chi connectivity index (χ3v) is 3.32. The molecular weight excluding hydrogens is 222 g/mol. The van der Waals surface area contributed by atoms with Gasteiger partial charge in [0.15, 0.2) is 0 Å². The van der Waals surface area contributed by atoms with Crippen molar-refractivity contribution in [2.75, 3.05) is 5.32 Å². The molecule has 92 valence electrons. The van der Waals surface area contributed by atoms with Gasteiger partial charge in [0, 0.05) is 6.54 Å². The van der Waals surface area contributed by atoms with Crippen LogP contribution in [0.15, 0.2) is 36.5 Å². The first-order valence-electron chi connectivity index (χ1n) is 6.54. The Balaban J connectivity index is 1.70. The van der Waals surface area contributed by atoms with Crippen LogP contribution < -0.4 is 5.32 Å². The summed E-state index contributed by atoms with van der Waals surface area (Å²) in [5, 5.41) is 3.34. The van der Waals surface area contributed by atoms with Crippen LogP contribution in [-0.4, -0.2) is 9.97 Å². The molecule has 0 fully saturated rings. The molecule has 1 aromatic heterocycles. The molecule has 1 heterocycles. The Bertz CT molecular complexity index is 523. The molecule has 0 saturated heterocycles. The number of hydrogen-bond donors (Lipinski definition) is 1. The molecule has 3 heteroatoms. The van der Waals surface area contributed by atoms with Crippen molar-refractivity contribution < 1.29 is 0 Å². The molecule has 0 spiro atoms. The average Bonchev–Trinajstić information content (AvgIpc) is 2.46. The van der Waals surface area contributed by atoms with E-state index in [1.165, 1.54) is 29.8 Å². The van der Waals surface area contributed by atoms with Crippen molar-refractivity contribution in [1.82, 2.24) is 9.97 Å². The predicted molar refractivity (Wildman–Crippen MR) is 72.4 cm³/mol. The summed E-state index contributed by atoms with van der Waals surface area (Å²) >= 11 is 0. The summed E-state index contributed by atoms with van der Waals surface area (Å²) < 4.78 is 0. The van der Waals surface area contributed by atoms with Gasteiger partial charge < -0.3 is 5.32 Å². The molecule has 0 amide bonds. The first kappa shape index (κ1) is 11.2. The van der Waals surface area contributed by atoms with Crippen molar-refractivity contribution in [2.24, 2.45) is 0 Å². The lowest BCUT2D eigenvalue weighted by Gasteiger charge is -2.14. The highest BCUT2D eigenvalue weighted by molar-refractivity contribution is 5.35. The topological polar surface area (TPSA) is 37.8 Å². The molecule has 0 atom stereocenters. The number of hydrogen-bond acceptors (Lipinski definition) is 3. The largest absolute Gasteiger partial charge is 0.365 e. The minimum Gasteiger partial charge on any atom is -0.365 e. The van der Waals surface area contributed by atoms with Gasteiger partial charge >= 0.3 is 0 Å². The van der Waals surface area contributed by atoms with Crippen LogP contribution in [0.2, 0.25) is 0 Å². The van der Waals surface area contributed by atoms with Crippen LogP contribution in [0.25, 0.3) is 0 Å². The predicted octanol–water partition coefficient (Wildman–Crippen LogP) is 2.97. The first-order valence-corrected chi connectivity index (χ1v) is 6.54. The number of aromatic nitrogens is 2. The monoisotopic (exact) mass is 239 g/mol. The molecule has 1 aromatic carbocycles. The first-order chi connectivity index (χ1) is 8.92. The van der Waals surface area contributed by atoms with E-state index in [1.54, 1.807) is 0 Å². The Hall–Kier alpha value is -1.90. The number of nitrogens with zero attached hydrogens (tertiary/aromatic N) is 2. The summed E-state index contributed by atoms with van der Waals surface area (Å²) in [7, 11) is 0.